The van der Waals surface area contributed by atoms with Crippen LogP contribution >= 0.6 is 0 Å². The second kappa shape index (κ2) is 9.60. The molecule has 0 saturated carbocycles. The Morgan fingerprint density at radius 1 is 1.03 bits per heavy atom. The standard InChI is InChI=1S/C26H22N4O5/c1-16-10-12-20(13-11-16)29-25(27-26(32)19-7-4-8-21(14-19)30(33)34)23(24(31)17(2)28-29)18-6-5-9-22(15-18)35-3/h4-15H,1-3H3,(H,27,32). The van der Waals surface area contributed by atoms with Crippen molar-refractivity contribution in [3.05, 3.63) is 110 Å². The molecule has 0 fully saturated rings. The Hall–Kier alpha value is -4.79. The molecule has 0 aliphatic heterocycles. The van der Waals surface area contributed by atoms with Crippen LogP contribution in [0.1, 0.15) is 21.6 Å². The molecule has 4 aromatic rings. The van der Waals surface area contributed by atoms with E-state index < -0.39 is 10.8 Å². The average molecular weight is 470 g/mol. The average Bonchev–Trinajstić information content (AvgIpc) is 2.87. The van der Waals surface area contributed by atoms with Crippen LogP contribution in [0.2, 0.25) is 0 Å². The van der Waals surface area contributed by atoms with Gasteiger partial charge in [-0.05, 0) is 49.7 Å². The summed E-state index contributed by atoms with van der Waals surface area (Å²) in [5.41, 5.74) is 2.11. The fourth-order valence-corrected chi connectivity index (χ4v) is 3.61. The number of carbonyl (C=O) groups is 1. The lowest BCUT2D eigenvalue weighted by molar-refractivity contribution is -0.384. The smallest absolute Gasteiger partial charge is 0.270 e. The number of aryl methyl sites for hydroxylation is 2. The number of non-ortho nitro benzene ring substituents is 1. The highest BCUT2D eigenvalue weighted by Gasteiger charge is 2.22. The summed E-state index contributed by atoms with van der Waals surface area (Å²) in [7, 11) is 1.52. The monoisotopic (exact) mass is 470 g/mol. The third-order valence-electron chi connectivity index (χ3n) is 5.44. The van der Waals surface area contributed by atoms with Crippen molar-refractivity contribution in [1.29, 1.82) is 0 Å². The van der Waals surface area contributed by atoms with Gasteiger partial charge >= 0.3 is 0 Å². The number of nitrogens with zero attached hydrogens (tertiary/aromatic N) is 3. The molecule has 176 valence electrons. The number of amides is 1. The number of benzene rings is 3. The van der Waals surface area contributed by atoms with Crippen LogP contribution in [0.25, 0.3) is 16.8 Å². The van der Waals surface area contributed by atoms with Crippen LogP contribution in [0.15, 0.2) is 77.6 Å². The lowest BCUT2D eigenvalue weighted by Gasteiger charge is -2.19. The molecule has 4 rings (SSSR count). The molecule has 0 radical (unpaired) electrons. The minimum absolute atomic E-state index is 0.0688. The van der Waals surface area contributed by atoms with Gasteiger partial charge in [-0.15, -0.1) is 0 Å². The van der Waals surface area contributed by atoms with Gasteiger partial charge in [0.1, 0.15) is 17.3 Å². The number of methoxy groups -OCH3 is 1. The van der Waals surface area contributed by atoms with Gasteiger partial charge in [0.05, 0.1) is 23.3 Å². The first-order valence-corrected chi connectivity index (χ1v) is 10.7. The predicted octanol–water partition coefficient (Wildman–Crippen LogP) is 4.69. The summed E-state index contributed by atoms with van der Waals surface area (Å²) < 4.78 is 6.81. The summed E-state index contributed by atoms with van der Waals surface area (Å²) in [4.78, 5) is 37.2. The van der Waals surface area contributed by atoms with Crippen molar-refractivity contribution in [1.82, 2.24) is 9.78 Å². The second-order valence-corrected chi connectivity index (χ2v) is 7.88. The predicted molar refractivity (Wildman–Crippen MR) is 132 cm³/mol. The van der Waals surface area contributed by atoms with Gasteiger partial charge in [0.15, 0.2) is 0 Å². The van der Waals surface area contributed by atoms with E-state index in [0.29, 0.717) is 17.0 Å². The van der Waals surface area contributed by atoms with Crippen LogP contribution < -0.4 is 15.5 Å². The van der Waals surface area contributed by atoms with Crippen molar-refractivity contribution < 1.29 is 14.5 Å². The van der Waals surface area contributed by atoms with Gasteiger partial charge in [-0.3, -0.25) is 19.7 Å². The molecule has 0 unspecified atom stereocenters. The molecule has 0 aliphatic carbocycles. The number of aromatic nitrogens is 2. The maximum Gasteiger partial charge on any atom is 0.270 e. The van der Waals surface area contributed by atoms with Gasteiger partial charge < -0.3 is 10.1 Å². The third kappa shape index (κ3) is 4.79. The van der Waals surface area contributed by atoms with Gasteiger partial charge in [0.25, 0.3) is 11.6 Å². The number of nitro benzene ring substituents is 1. The van der Waals surface area contributed by atoms with E-state index >= 15 is 0 Å². The normalized spacial score (nSPS) is 10.6. The number of nitro groups is 1. The second-order valence-electron chi connectivity index (χ2n) is 7.88. The lowest BCUT2D eigenvalue weighted by atomic mass is 10.0. The molecule has 3 aromatic carbocycles. The van der Waals surface area contributed by atoms with Crippen molar-refractivity contribution >= 4 is 17.4 Å². The fourth-order valence-electron chi connectivity index (χ4n) is 3.61. The zero-order chi connectivity index (χ0) is 25.1. The maximum absolute atomic E-state index is 13.3. The summed E-state index contributed by atoms with van der Waals surface area (Å²) in [6.07, 6.45) is 0. The number of carbonyl (C=O) groups excluding carboxylic acids is 1. The van der Waals surface area contributed by atoms with Gasteiger partial charge in [0, 0.05) is 17.7 Å². The highest BCUT2D eigenvalue weighted by molar-refractivity contribution is 6.06. The molecule has 1 amide bonds. The molecule has 0 bridgehead atoms. The third-order valence-corrected chi connectivity index (χ3v) is 5.44. The zero-order valence-corrected chi connectivity index (χ0v) is 19.3. The molecule has 0 atom stereocenters. The maximum atomic E-state index is 13.3. The van der Waals surface area contributed by atoms with Crippen LogP contribution in [-0.4, -0.2) is 27.7 Å². The first-order chi connectivity index (χ1) is 16.8. The van der Waals surface area contributed by atoms with E-state index in [1.54, 1.807) is 31.2 Å². The molecule has 9 nitrogen and oxygen atoms in total. The molecule has 1 N–H and O–H groups in total. The van der Waals surface area contributed by atoms with E-state index in [1.807, 2.05) is 31.2 Å². The Morgan fingerprint density at radius 3 is 2.43 bits per heavy atom. The number of hydrogen-bond donors (Lipinski definition) is 1. The van der Waals surface area contributed by atoms with E-state index in [2.05, 4.69) is 10.4 Å². The van der Waals surface area contributed by atoms with Crippen molar-refractivity contribution in [2.45, 2.75) is 13.8 Å². The molecular weight excluding hydrogens is 448 g/mol. The Labute approximate surface area is 200 Å². The van der Waals surface area contributed by atoms with Crippen LogP contribution in [0, 0.1) is 24.0 Å². The molecule has 1 aromatic heterocycles. The van der Waals surface area contributed by atoms with Gasteiger partial charge in [-0.1, -0.05) is 35.9 Å². The van der Waals surface area contributed by atoms with Crippen molar-refractivity contribution in [3.63, 3.8) is 0 Å². The van der Waals surface area contributed by atoms with Crippen LogP contribution in [-0.2, 0) is 0 Å². The molecular formula is C26H22N4O5. The number of rotatable bonds is 6. The van der Waals surface area contributed by atoms with E-state index in [9.17, 15) is 19.7 Å². The number of hydrogen-bond acceptors (Lipinski definition) is 6. The lowest BCUT2D eigenvalue weighted by Crippen LogP contribution is -2.25. The SMILES string of the molecule is COc1cccc(-c2c(NC(=O)c3cccc([N+](=O)[O-])c3)n(-c3ccc(C)cc3)nc(C)c2=O)c1. The molecule has 0 aliphatic rings. The van der Waals surface area contributed by atoms with Crippen molar-refractivity contribution in [2.75, 3.05) is 12.4 Å². The minimum Gasteiger partial charge on any atom is -0.497 e. The van der Waals surface area contributed by atoms with Gasteiger partial charge in [-0.25, -0.2) is 4.68 Å². The molecule has 0 spiro atoms. The summed E-state index contributed by atoms with van der Waals surface area (Å²) in [6.45, 7) is 3.55. The number of anilines is 1. The van der Waals surface area contributed by atoms with E-state index in [-0.39, 0.29) is 33.8 Å². The van der Waals surface area contributed by atoms with Gasteiger partial charge in [-0.2, -0.15) is 5.10 Å². The van der Waals surface area contributed by atoms with E-state index in [0.717, 1.165) is 5.56 Å². The quantitative estimate of drug-likeness (QED) is 0.323. The molecule has 9 heteroatoms. The Balaban J connectivity index is 1.95. The topological polar surface area (TPSA) is 116 Å². The summed E-state index contributed by atoms with van der Waals surface area (Å²) >= 11 is 0. The van der Waals surface area contributed by atoms with Crippen LogP contribution in [0.3, 0.4) is 0 Å². The minimum atomic E-state index is -0.622. The van der Waals surface area contributed by atoms with Crippen molar-refractivity contribution in [2.24, 2.45) is 0 Å². The van der Waals surface area contributed by atoms with E-state index in [1.165, 1.54) is 36.1 Å². The van der Waals surface area contributed by atoms with Crippen LogP contribution in [0.5, 0.6) is 5.75 Å². The first-order valence-electron chi connectivity index (χ1n) is 10.7. The molecule has 0 saturated heterocycles. The fraction of sp³-hybridized carbons (Fsp3) is 0.115. The summed E-state index contributed by atoms with van der Waals surface area (Å²) in [6, 6.07) is 19.7. The zero-order valence-electron chi connectivity index (χ0n) is 19.3. The van der Waals surface area contributed by atoms with Crippen molar-refractivity contribution in [3.8, 4) is 22.6 Å². The highest BCUT2D eigenvalue weighted by Crippen LogP contribution is 2.30. The highest BCUT2D eigenvalue weighted by atomic mass is 16.6. The molecule has 35 heavy (non-hydrogen) atoms. The Kier molecular flexibility index (Phi) is 6.41. The van der Waals surface area contributed by atoms with Crippen LogP contribution in [0.4, 0.5) is 11.5 Å². The summed E-state index contributed by atoms with van der Waals surface area (Å²) in [5, 5.41) is 18.4. The van der Waals surface area contributed by atoms with Gasteiger partial charge in [0.2, 0.25) is 5.43 Å². The largest absolute Gasteiger partial charge is 0.497 e. The number of nitrogens with one attached hydrogen (secondary N) is 1. The van der Waals surface area contributed by atoms with E-state index in [4.69, 9.17) is 4.74 Å². The Bertz CT molecular complexity index is 1490. The Morgan fingerprint density at radius 2 is 1.74 bits per heavy atom. The molecule has 1 heterocycles. The first kappa shape index (κ1) is 23.4. The summed E-state index contributed by atoms with van der Waals surface area (Å²) in [5.74, 6) is 0.0483. The number of ether oxygens (including phenoxy) is 1.